The van der Waals surface area contributed by atoms with Gasteiger partial charge >= 0.3 is 0 Å². The monoisotopic (exact) mass is 265 g/mol. The summed E-state index contributed by atoms with van der Waals surface area (Å²) in [6.45, 7) is 4.91. The van der Waals surface area contributed by atoms with Crippen LogP contribution < -0.4 is 18.6 Å². The number of fused-ring (bicyclic) bond motifs is 2. The van der Waals surface area contributed by atoms with E-state index >= 15 is 0 Å². The fourth-order valence-electron chi connectivity index (χ4n) is 2.78. The minimum atomic E-state index is -4.94. The van der Waals surface area contributed by atoms with Crippen LogP contribution in [0.1, 0.15) is 39.0 Å². The van der Waals surface area contributed by atoms with Crippen molar-refractivity contribution in [2.24, 2.45) is 11.8 Å². The van der Waals surface area contributed by atoms with Crippen molar-refractivity contribution in [2.75, 3.05) is 13.1 Å². The highest BCUT2D eigenvalue weighted by Crippen LogP contribution is 2.30. The maximum absolute atomic E-state index is 8.49. The van der Waals surface area contributed by atoms with Gasteiger partial charge in [0.1, 0.15) is 19.3 Å². The van der Waals surface area contributed by atoms with Crippen LogP contribution in [0, 0.1) is 22.1 Å². The predicted octanol–water partition coefficient (Wildman–Crippen LogP) is -2.46. The fraction of sp³-hybridized carbons (Fsp3) is 0.909. The van der Waals surface area contributed by atoms with E-state index in [1.807, 2.05) is 0 Å². The number of rotatable bonds is 2. The lowest BCUT2D eigenvalue weighted by molar-refractivity contribution is -2.00. The molecule has 0 spiro atoms. The third-order valence-electron chi connectivity index (χ3n) is 3.25. The van der Waals surface area contributed by atoms with Crippen LogP contribution in [-0.4, -0.2) is 23.9 Å². The zero-order valence-corrected chi connectivity index (χ0v) is 10.9. The Bertz CT molecular complexity index is 259. The smallest absolute Gasteiger partial charge is 0.145 e. The molecule has 1 fully saturated rings. The Morgan fingerprint density at radius 3 is 2.41 bits per heavy atom. The van der Waals surface area contributed by atoms with Gasteiger partial charge in [-0.15, -0.1) is 10.2 Å². The van der Waals surface area contributed by atoms with Gasteiger partial charge in [-0.05, 0) is 19.3 Å². The summed E-state index contributed by atoms with van der Waals surface area (Å²) in [4.78, 5) is 0. The second-order valence-electron chi connectivity index (χ2n) is 4.81. The molecule has 5 nitrogen and oxygen atoms in total. The maximum Gasteiger partial charge on any atom is 0.145 e. The van der Waals surface area contributed by atoms with Crippen molar-refractivity contribution >= 4 is 6.21 Å². The molecule has 0 amide bonds. The van der Waals surface area contributed by atoms with Gasteiger partial charge in [0, 0.05) is 18.3 Å². The molecule has 6 heteroatoms. The average Bonchev–Trinajstić information content (AvgIpc) is 2.14. The highest BCUT2D eigenvalue weighted by atomic mass is 35.7. The van der Waals surface area contributed by atoms with Crippen LogP contribution in [0.15, 0.2) is 0 Å². The lowest BCUT2D eigenvalue weighted by Crippen LogP contribution is -2.68. The predicted molar refractivity (Wildman–Crippen MR) is 51.8 cm³/mol. The topological polar surface area (TPSA) is 95.2 Å². The molecular weight excluding hydrogens is 246 g/mol. The first-order valence-corrected chi connectivity index (χ1v) is 7.32. The lowest BCUT2D eigenvalue weighted by Gasteiger charge is -2.29. The molecular formula is C11H20ClNO4. The normalized spacial score (nSPS) is 27.9. The SMILES string of the molecule is CCC[N+]1=CC2CCCC(C2)C1.[O-][Cl+3]([O-])([O-])[O-]. The van der Waals surface area contributed by atoms with E-state index in [2.05, 4.69) is 17.7 Å². The van der Waals surface area contributed by atoms with E-state index in [1.165, 1.54) is 45.2 Å². The summed E-state index contributed by atoms with van der Waals surface area (Å²) < 4.78 is 36.5. The molecule has 1 aliphatic heterocycles. The largest absolute Gasteiger partial charge is 0.239 e. The van der Waals surface area contributed by atoms with E-state index in [4.69, 9.17) is 18.6 Å². The minimum Gasteiger partial charge on any atom is -0.239 e. The Kier molecular flexibility index (Phi) is 5.82. The number of hydrogen-bond donors (Lipinski definition) is 0. The lowest BCUT2D eigenvalue weighted by atomic mass is 9.80. The first-order chi connectivity index (χ1) is 7.88. The number of halogens is 1. The molecule has 1 heterocycles. The van der Waals surface area contributed by atoms with Crippen LogP contribution in [0.25, 0.3) is 0 Å². The molecule has 1 saturated carbocycles. The molecule has 2 unspecified atom stereocenters. The quantitative estimate of drug-likeness (QED) is 0.518. The summed E-state index contributed by atoms with van der Waals surface area (Å²) >= 11 is 0. The number of hydrogen-bond acceptors (Lipinski definition) is 4. The Hall–Kier alpha value is -0.200. The van der Waals surface area contributed by atoms with Crippen LogP contribution in [-0.2, 0) is 0 Å². The van der Waals surface area contributed by atoms with E-state index in [0.717, 1.165) is 11.8 Å². The third-order valence-corrected chi connectivity index (χ3v) is 3.25. The molecule has 17 heavy (non-hydrogen) atoms. The molecule has 0 N–H and O–H groups in total. The Labute approximate surface area is 104 Å². The summed E-state index contributed by atoms with van der Waals surface area (Å²) in [6, 6.07) is 0. The number of nitrogens with zero attached hydrogens (tertiary/aromatic N) is 1. The average molecular weight is 266 g/mol. The van der Waals surface area contributed by atoms with E-state index in [-0.39, 0.29) is 0 Å². The summed E-state index contributed by atoms with van der Waals surface area (Å²) in [5, 5.41) is 0. The molecule has 100 valence electrons. The van der Waals surface area contributed by atoms with Crippen molar-refractivity contribution in [3.8, 4) is 0 Å². The zero-order chi connectivity index (χ0) is 12.9. The van der Waals surface area contributed by atoms with Crippen LogP contribution in [0.5, 0.6) is 0 Å². The molecule has 0 aromatic heterocycles. The molecule has 0 saturated heterocycles. The van der Waals surface area contributed by atoms with Gasteiger partial charge in [-0.25, -0.2) is 23.2 Å². The van der Waals surface area contributed by atoms with Crippen molar-refractivity contribution in [1.29, 1.82) is 0 Å². The van der Waals surface area contributed by atoms with Gasteiger partial charge in [0.2, 0.25) is 0 Å². The summed E-state index contributed by atoms with van der Waals surface area (Å²) in [6.07, 6.45) is 9.72. The van der Waals surface area contributed by atoms with Crippen molar-refractivity contribution in [1.82, 2.24) is 0 Å². The minimum absolute atomic E-state index is 0.934. The van der Waals surface area contributed by atoms with E-state index in [1.54, 1.807) is 0 Å². The molecule has 0 aromatic carbocycles. The molecule has 2 bridgehead atoms. The van der Waals surface area contributed by atoms with Gasteiger partial charge < -0.3 is 0 Å². The van der Waals surface area contributed by atoms with Gasteiger partial charge in [-0.3, -0.25) is 0 Å². The van der Waals surface area contributed by atoms with Crippen LogP contribution in [0.3, 0.4) is 0 Å². The summed E-state index contributed by atoms with van der Waals surface area (Å²) in [5.41, 5.74) is 0. The van der Waals surface area contributed by atoms with Crippen molar-refractivity contribution in [3.63, 3.8) is 0 Å². The van der Waals surface area contributed by atoms with Crippen LogP contribution in [0.4, 0.5) is 0 Å². The molecule has 0 aromatic rings. The zero-order valence-electron chi connectivity index (χ0n) is 10.1. The molecule has 2 aliphatic rings. The molecule has 2 rings (SSSR count). The molecule has 2 atom stereocenters. The standard InChI is InChI=1S/C11H20N.ClHO4/c1-2-6-12-8-10-4-3-5-11(7-10)9-12;2-1(3,4)5/h8,10-11H,2-7,9H2,1H3;(H,2,3,4,5)/q+1;/p-1. The molecule has 1 aliphatic carbocycles. The van der Waals surface area contributed by atoms with Gasteiger partial charge in [-0.2, -0.15) is 0 Å². The summed E-state index contributed by atoms with van der Waals surface area (Å²) in [5.74, 6) is 1.96. The van der Waals surface area contributed by atoms with E-state index < -0.39 is 10.2 Å². The van der Waals surface area contributed by atoms with Crippen molar-refractivity contribution in [3.05, 3.63) is 0 Å². The van der Waals surface area contributed by atoms with Crippen molar-refractivity contribution < 1.29 is 33.5 Å². The fourth-order valence-corrected chi connectivity index (χ4v) is 2.78. The van der Waals surface area contributed by atoms with Gasteiger partial charge in [-0.1, -0.05) is 13.3 Å². The van der Waals surface area contributed by atoms with Gasteiger partial charge in [0.05, 0.1) is 0 Å². The van der Waals surface area contributed by atoms with Crippen LogP contribution in [0.2, 0.25) is 0 Å². The van der Waals surface area contributed by atoms with E-state index in [0.29, 0.717) is 0 Å². The van der Waals surface area contributed by atoms with Gasteiger partial charge in [0.15, 0.2) is 0 Å². The molecule has 0 radical (unpaired) electrons. The maximum atomic E-state index is 8.49. The second kappa shape index (κ2) is 6.66. The Balaban J connectivity index is 0.000000249. The van der Waals surface area contributed by atoms with Crippen molar-refractivity contribution in [2.45, 2.75) is 39.0 Å². The van der Waals surface area contributed by atoms with Gasteiger partial charge in [0.25, 0.3) is 0 Å². The third kappa shape index (κ3) is 6.95. The highest BCUT2D eigenvalue weighted by Gasteiger charge is 2.30. The Morgan fingerprint density at radius 2 is 1.88 bits per heavy atom. The first kappa shape index (κ1) is 14.9. The van der Waals surface area contributed by atoms with Crippen LogP contribution >= 0.6 is 0 Å². The first-order valence-electron chi connectivity index (χ1n) is 6.09. The second-order valence-corrected chi connectivity index (χ2v) is 5.57. The highest BCUT2D eigenvalue weighted by molar-refractivity contribution is 5.56. The van der Waals surface area contributed by atoms with E-state index in [9.17, 15) is 0 Å². The Morgan fingerprint density at radius 1 is 1.24 bits per heavy atom. The summed E-state index contributed by atoms with van der Waals surface area (Å²) in [7, 11) is -4.94.